The third-order valence-electron chi connectivity index (χ3n) is 13.5. The third kappa shape index (κ3) is 19.8. The Balaban J connectivity index is 0.000000208. The number of aryl methyl sites for hydroxylation is 2. The first-order valence-electron chi connectivity index (χ1n) is 26.1. The van der Waals surface area contributed by atoms with Gasteiger partial charge < -0.3 is 35.1 Å². The number of nitrogens with zero attached hydrogens (tertiary/aromatic N) is 6. The van der Waals surface area contributed by atoms with Gasteiger partial charge in [0, 0.05) is 98.3 Å². The lowest BCUT2D eigenvalue weighted by Crippen LogP contribution is -2.44. The van der Waals surface area contributed by atoms with Gasteiger partial charge in [-0.2, -0.15) is 0 Å². The number of hydrogen-bond acceptors (Lipinski definition) is 15. The highest BCUT2D eigenvalue weighted by atomic mass is 32.2. The Kier molecular flexibility index (Phi) is 21.3. The second-order valence-electron chi connectivity index (χ2n) is 22.5. The molecule has 2 aliphatic heterocycles. The first kappa shape index (κ1) is 59.7. The van der Waals surface area contributed by atoms with E-state index in [2.05, 4.69) is 54.6 Å². The summed E-state index contributed by atoms with van der Waals surface area (Å²) in [6, 6.07) is 16.1. The van der Waals surface area contributed by atoms with E-state index in [1.807, 2.05) is 24.3 Å². The number of anilines is 2. The lowest BCUT2D eigenvalue weighted by Gasteiger charge is -2.28. The molecule has 17 nitrogen and oxygen atoms in total. The minimum atomic E-state index is -3.06. The van der Waals surface area contributed by atoms with Crippen molar-refractivity contribution < 1.29 is 39.9 Å². The maximum absolute atomic E-state index is 13.2. The van der Waals surface area contributed by atoms with E-state index in [0.29, 0.717) is 67.9 Å². The fourth-order valence-corrected chi connectivity index (χ4v) is 12.4. The van der Waals surface area contributed by atoms with Crippen LogP contribution in [-0.4, -0.2) is 139 Å². The monoisotopic (exact) mass is 1120 g/mol. The molecule has 2 saturated carbocycles. The predicted octanol–water partition coefficient (Wildman–Crippen LogP) is 5.57. The number of halogens is 2. The molecule has 0 radical (unpaired) electrons. The van der Waals surface area contributed by atoms with Crippen LogP contribution in [0.1, 0.15) is 60.0 Å². The number of ether oxygens (including phenoxy) is 2. The molecule has 23 heteroatoms. The van der Waals surface area contributed by atoms with Crippen LogP contribution < -0.4 is 32.0 Å². The number of rotatable bonds is 22. The molecule has 75 heavy (non-hydrogen) atoms. The smallest absolute Gasteiger partial charge is 0.295 e. The fraction of sp³-hybridized carbons (Fsp3) is 0.596. The average molecular weight is 1120 g/mol. The number of nitrogens with two attached hydrogens (primary N) is 1. The van der Waals surface area contributed by atoms with Crippen LogP contribution in [0.2, 0.25) is 51.4 Å². The van der Waals surface area contributed by atoms with Gasteiger partial charge >= 0.3 is 0 Å². The number of hydrogen-bond donors (Lipinski definition) is 2. The maximum atomic E-state index is 13.2. The van der Waals surface area contributed by atoms with E-state index in [4.69, 9.17) is 15.2 Å². The van der Waals surface area contributed by atoms with E-state index < -0.39 is 35.8 Å². The molecule has 4 aliphatic rings. The number of carbonyl (C=O) groups is 1. The molecule has 0 spiro atoms. The molecule has 3 N–H and O–H groups in total. The average Bonchev–Trinajstić information content (AvgIpc) is 4.29. The Morgan fingerprint density at radius 2 is 1.08 bits per heavy atom. The summed E-state index contributed by atoms with van der Waals surface area (Å²) in [7, 11) is -8.57. The minimum Gasteiger partial charge on any atom is -0.361 e. The van der Waals surface area contributed by atoms with Crippen molar-refractivity contribution in [3.8, 4) is 0 Å². The number of sulfone groups is 2. The largest absolute Gasteiger partial charge is 0.361 e. The van der Waals surface area contributed by atoms with Crippen LogP contribution in [0.5, 0.6) is 0 Å². The number of aldehydes is 1. The summed E-state index contributed by atoms with van der Waals surface area (Å²) in [6.45, 7) is 17.0. The maximum Gasteiger partial charge on any atom is 0.295 e. The van der Waals surface area contributed by atoms with Gasteiger partial charge in [0.05, 0.1) is 34.4 Å². The Morgan fingerprint density at radius 1 is 0.667 bits per heavy atom. The van der Waals surface area contributed by atoms with Gasteiger partial charge in [-0.05, 0) is 86.1 Å². The van der Waals surface area contributed by atoms with Gasteiger partial charge in [0.2, 0.25) is 0 Å². The van der Waals surface area contributed by atoms with E-state index in [9.17, 15) is 40.0 Å². The molecule has 0 amide bonds. The van der Waals surface area contributed by atoms with Crippen molar-refractivity contribution in [1.82, 2.24) is 24.4 Å². The Labute approximate surface area is 443 Å². The zero-order valence-corrected chi connectivity index (χ0v) is 48.1. The van der Waals surface area contributed by atoms with Gasteiger partial charge in [-0.15, -0.1) is 0 Å². The van der Waals surface area contributed by atoms with Crippen LogP contribution in [0.4, 0.5) is 20.4 Å². The summed E-state index contributed by atoms with van der Waals surface area (Å²) in [5.74, 6) is 1.16. The number of benzene rings is 2. The van der Waals surface area contributed by atoms with Crippen LogP contribution in [0, 0.1) is 11.6 Å². The summed E-state index contributed by atoms with van der Waals surface area (Å²) < 4.78 is 87.3. The molecular weight excluding hydrogens is 1040 g/mol. The van der Waals surface area contributed by atoms with Crippen LogP contribution in [0.15, 0.2) is 70.5 Å². The summed E-state index contributed by atoms with van der Waals surface area (Å²) in [5, 5.41) is 3.57. The highest BCUT2D eigenvalue weighted by Crippen LogP contribution is 2.41. The van der Waals surface area contributed by atoms with Gasteiger partial charge in [-0.3, -0.25) is 18.7 Å². The molecule has 4 aromatic rings. The third-order valence-corrected chi connectivity index (χ3v) is 20.1. The van der Waals surface area contributed by atoms with Crippen LogP contribution >= 0.6 is 0 Å². The van der Waals surface area contributed by atoms with E-state index in [0.717, 1.165) is 55.4 Å². The van der Waals surface area contributed by atoms with E-state index in [-0.39, 0.29) is 91.2 Å². The van der Waals surface area contributed by atoms with Gasteiger partial charge in [-0.1, -0.05) is 63.5 Å². The van der Waals surface area contributed by atoms with Gasteiger partial charge in [0.25, 0.3) is 11.1 Å². The van der Waals surface area contributed by atoms with E-state index in [1.165, 1.54) is 34.4 Å². The lowest BCUT2D eigenvalue weighted by atomic mass is 10.1. The Hall–Kier alpha value is -4.50. The number of aromatic nitrogens is 4. The first-order chi connectivity index (χ1) is 35.4. The molecular formula is C52H78F2N8O9S2Si2. The van der Waals surface area contributed by atoms with Gasteiger partial charge in [0.1, 0.15) is 31.4 Å². The second-order valence-corrected chi connectivity index (χ2v) is 38.3. The highest BCUT2D eigenvalue weighted by molar-refractivity contribution is 7.91. The molecule has 2 aromatic heterocycles. The Bertz CT molecular complexity index is 2840. The van der Waals surface area contributed by atoms with E-state index >= 15 is 0 Å². The predicted molar refractivity (Wildman–Crippen MR) is 297 cm³/mol. The second kappa shape index (κ2) is 26.7. The van der Waals surface area contributed by atoms with Crippen LogP contribution in [-0.2, 0) is 60.2 Å². The molecule has 2 saturated heterocycles. The summed E-state index contributed by atoms with van der Waals surface area (Å²) >= 11 is 0. The molecule has 4 heterocycles. The first-order valence-corrected chi connectivity index (χ1v) is 37.2. The van der Waals surface area contributed by atoms with Crippen molar-refractivity contribution in [1.29, 1.82) is 0 Å². The van der Waals surface area contributed by atoms with Crippen molar-refractivity contribution in [3.05, 3.63) is 116 Å². The van der Waals surface area contributed by atoms with Gasteiger partial charge in [-0.25, -0.2) is 35.6 Å². The summed E-state index contributed by atoms with van der Waals surface area (Å²) in [6.07, 6.45) is 8.60. The molecule has 414 valence electrons. The Morgan fingerprint density at radius 3 is 1.48 bits per heavy atom. The molecule has 2 aliphatic carbocycles. The van der Waals surface area contributed by atoms with Crippen LogP contribution in [0.3, 0.4) is 0 Å². The molecule has 4 atom stereocenters. The van der Waals surface area contributed by atoms with Crippen molar-refractivity contribution in [3.63, 3.8) is 0 Å². The number of nitrogens with one attached hydrogen (secondary N) is 1. The molecule has 2 aromatic carbocycles. The van der Waals surface area contributed by atoms with Crippen molar-refractivity contribution >= 4 is 53.7 Å². The van der Waals surface area contributed by atoms with Crippen molar-refractivity contribution in [2.75, 3.05) is 78.7 Å². The SMILES string of the molecule is C[Si](C)(C)CCOCn1cc(CCC=O)nc(N2CCS(=O)(=O)CC2)c1=O.C[Si](C)(C)CCOCn1cc(CCCN[C@@H]2C[C@H]2c2ccc(F)cc2)nc(N2CCS(=O)(=O)CC2)c1=O.N[C@@H]1C[C@H]1c1ccc(F)cc1. The quantitative estimate of drug-likeness (QED) is 0.0559. The number of carbonyl (C=O) groups excluding carboxylic acids is 1. The zero-order valence-electron chi connectivity index (χ0n) is 44.5. The van der Waals surface area contributed by atoms with Crippen molar-refractivity contribution in [2.24, 2.45) is 5.73 Å². The van der Waals surface area contributed by atoms with Gasteiger partial charge in [0.15, 0.2) is 31.3 Å². The fourth-order valence-electron chi connectivity index (χ4n) is 8.51. The molecule has 0 bridgehead atoms. The van der Waals surface area contributed by atoms with Crippen molar-refractivity contribution in [2.45, 2.75) is 127 Å². The molecule has 8 rings (SSSR count). The standard InChI is InChI=1S/C26H39FN4O4SSi.C17H29N3O5SSi.C9H10FN/c1-37(2,3)16-13-35-19-31-18-22(29-25(26(31)32)30-11-14-36(33,34)15-12-30)5-4-10-28-24-17-23(24)20-6-8-21(27)9-7-20;1-27(2,3)12-9-25-14-20-13-15(5-4-8-21)18-16(17(20)22)19-6-10-26(23,24)11-7-19;10-7-3-1-6(2-4-7)8-5-9(8)11/h6-9,18,23-24,28H,4-5,10-17,19H2,1-3H3;8,13H,4-7,9-12,14H2,1-3H3;1-4,8-9H,5,11H2/t23-,24+;;8-,9+/m0.0/s1. The van der Waals surface area contributed by atoms with Crippen LogP contribution in [0.25, 0.3) is 0 Å². The highest BCUT2D eigenvalue weighted by Gasteiger charge is 2.38. The normalized spacial score (nSPS) is 20.8. The molecule has 0 unspecified atom stereocenters. The lowest BCUT2D eigenvalue weighted by molar-refractivity contribution is -0.107. The summed E-state index contributed by atoms with van der Waals surface area (Å²) in [4.78, 5) is 49.3. The zero-order chi connectivity index (χ0) is 54.6. The van der Waals surface area contributed by atoms with E-state index in [1.54, 1.807) is 26.8 Å². The topological polar surface area (TPSA) is 218 Å². The summed E-state index contributed by atoms with van der Waals surface area (Å²) in [5.41, 5.74) is 8.85. The molecule has 4 fully saturated rings. The minimum absolute atomic E-state index is 0.0133.